The van der Waals surface area contributed by atoms with E-state index in [2.05, 4.69) is 10.3 Å². The predicted octanol–water partition coefficient (Wildman–Crippen LogP) is 1.74. The van der Waals surface area contributed by atoms with E-state index in [-0.39, 0.29) is 24.5 Å². The molecule has 0 aliphatic carbocycles. The molecule has 2 amide bonds. The zero-order valence-corrected chi connectivity index (χ0v) is 16.7. The molecule has 2 aromatic rings. The van der Waals surface area contributed by atoms with E-state index in [0.717, 1.165) is 0 Å². The van der Waals surface area contributed by atoms with Gasteiger partial charge in [0, 0.05) is 37.1 Å². The number of carbonyl (C=O) groups is 2. The zero-order valence-electron chi connectivity index (χ0n) is 16.7. The van der Waals surface area contributed by atoms with E-state index in [9.17, 15) is 9.59 Å². The van der Waals surface area contributed by atoms with Gasteiger partial charge in [-0.1, -0.05) is 0 Å². The van der Waals surface area contributed by atoms with Gasteiger partial charge in [-0.3, -0.25) is 9.59 Å². The number of ether oxygens (including phenoxy) is 3. The molecule has 2 aliphatic rings. The fourth-order valence-corrected chi connectivity index (χ4v) is 4.25. The molecular weight excluding hydrogens is 393 g/mol. The van der Waals surface area contributed by atoms with E-state index in [1.54, 1.807) is 24.4 Å². The van der Waals surface area contributed by atoms with Crippen LogP contribution >= 0.6 is 0 Å². The van der Waals surface area contributed by atoms with Crippen LogP contribution in [0, 0.1) is 5.92 Å². The van der Waals surface area contributed by atoms with Gasteiger partial charge >= 0.3 is 0 Å². The average Bonchev–Trinajstić information content (AvgIpc) is 3.06. The van der Waals surface area contributed by atoms with Crippen molar-refractivity contribution < 1.29 is 28.2 Å². The minimum Gasteiger partial charge on any atom is -0.496 e. The number of alkyl halides is 1. The lowest BCUT2D eigenvalue weighted by atomic mass is 9.81. The number of rotatable bonds is 6. The van der Waals surface area contributed by atoms with Crippen molar-refractivity contribution in [2.24, 2.45) is 11.7 Å². The fourth-order valence-electron chi connectivity index (χ4n) is 4.25. The van der Waals surface area contributed by atoms with Crippen LogP contribution in [-0.2, 0) is 9.53 Å². The van der Waals surface area contributed by atoms with Crippen LogP contribution in [0.25, 0.3) is 10.8 Å². The van der Waals surface area contributed by atoms with Crippen molar-refractivity contribution in [3.63, 3.8) is 0 Å². The lowest BCUT2D eigenvalue weighted by Gasteiger charge is -2.31. The number of aromatic nitrogens is 1. The molecule has 30 heavy (non-hydrogen) atoms. The number of nitrogens with one attached hydrogen (secondary N) is 1. The number of hydrogen-bond acceptors (Lipinski definition) is 6. The van der Waals surface area contributed by atoms with Gasteiger partial charge in [0.1, 0.15) is 12.4 Å². The number of fused-ring (bicyclic) bond motifs is 1. The van der Waals surface area contributed by atoms with Crippen molar-refractivity contribution in [2.45, 2.75) is 31.0 Å². The highest BCUT2D eigenvalue weighted by Crippen LogP contribution is 2.39. The molecule has 160 valence electrons. The average molecular weight is 417 g/mol. The van der Waals surface area contributed by atoms with Crippen molar-refractivity contribution >= 4 is 22.6 Å². The molecule has 2 atom stereocenters. The molecule has 1 aromatic carbocycles. The highest BCUT2D eigenvalue weighted by atomic mass is 19.1. The maximum Gasteiger partial charge on any atom is 0.258 e. The van der Waals surface area contributed by atoms with Gasteiger partial charge in [0.25, 0.3) is 11.8 Å². The van der Waals surface area contributed by atoms with Crippen molar-refractivity contribution in [3.8, 4) is 11.6 Å². The summed E-state index contributed by atoms with van der Waals surface area (Å²) in [6, 6.07) is 4.50. The van der Waals surface area contributed by atoms with Crippen LogP contribution in [0.4, 0.5) is 4.39 Å². The number of carbonyl (C=O) groups excluding carboxylic acids is 2. The third-order valence-corrected chi connectivity index (χ3v) is 5.86. The van der Waals surface area contributed by atoms with Crippen LogP contribution in [-0.4, -0.2) is 55.4 Å². The van der Waals surface area contributed by atoms with Gasteiger partial charge in [-0.15, -0.1) is 0 Å². The monoisotopic (exact) mass is 417 g/mol. The minimum absolute atomic E-state index is 0.0520. The van der Waals surface area contributed by atoms with Crippen molar-refractivity contribution in [2.75, 3.05) is 26.9 Å². The number of nitrogens with zero attached hydrogens (tertiary/aromatic N) is 1. The molecule has 3 heterocycles. The van der Waals surface area contributed by atoms with Gasteiger partial charge < -0.3 is 25.3 Å². The second-order valence-corrected chi connectivity index (χ2v) is 7.69. The predicted molar refractivity (Wildman–Crippen MR) is 106 cm³/mol. The Morgan fingerprint density at radius 2 is 2.17 bits per heavy atom. The summed E-state index contributed by atoms with van der Waals surface area (Å²) < 4.78 is 31.8. The topological polar surface area (TPSA) is 113 Å². The Kier molecular flexibility index (Phi) is 5.46. The summed E-state index contributed by atoms with van der Waals surface area (Å²) in [7, 11) is 1.44. The van der Waals surface area contributed by atoms with E-state index in [1.807, 2.05) is 0 Å². The van der Waals surface area contributed by atoms with E-state index < -0.39 is 23.5 Å². The lowest BCUT2D eigenvalue weighted by molar-refractivity contribution is -0.134. The Hall–Kier alpha value is -2.94. The van der Waals surface area contributed by atoms with Gasteiger partial charge in [0.15, 0.2) is 5.67 Å². The summed E-state index contributed by atoms with van der Waals surface area (Å²) in [5, 5.41) is 4.04. The van der Waals surface area contributed by atoms with E-state index in [4.69, 9.17) is 19.9 Å². The maximum absolute atomic E-state index is 15.4. The van der Waals surface area contributed by atoms with Gasteiger partial charge in [-0.25, -0.2) is 9.37 Å². The molecular formula is C21H24FN3O5. The SMILES string of the molecule is COc1cc2c(OC[C@@H]3C[C@@](F)(C4CCOCC4)C(=O)N3)nccc2cc1C(N)=O. The summed E-state index contributed by atoms with van der Waals surface area (Å²) in [6.45, 7) is 1.02. The van der Waals surface area contributed by atoms with Gasteiger partial charge in [0.2, 0.25) is 5.88 Å². The molecule has 1 aromatic heterocycles. The number of amides is 2. The fraction of sp³-hybridized carbons (Fsp3) is 0.476. The highest BCUT2D eigenvalue weighted by molar-refractivity contribution is 6.01. The van der Waals surface area contributed by atoms with E-state index in [0.29, 0.717) is 48.5 Å². The number of pyridine rings is 1. The molecule has 4 rings (SSSR count). The first-order valence-electron chi connectivity index (χ1n) is 9.89. The number of nitrogens with two attached hydrogens (primary N) is 1. The number of methoxy groups -OCH3 is 1. The number of primary amides is 1. The molecule has 0 unspecified atom stereocenters. The van der Waals surface area contributed by atoms with Gasteiger partial charge in [-0.05, 0) is 36.4 Å². The van der Waals surface area contributed by atoms with Crippen LogP contribution in [0.1, 0.15) is 29.6 Å². The first kappa shape index (κ1) is 20.3. The third-order valence-electron chi connectivity index (χ3n) is 5.86. The molecule has 0 saturated carbocycles. The van der Waals surface area contributed by atoms with Crippen LogP contribution in [0.5, 0.6) is 11.6 Å². The summed E-state index contributed by atoms with van der Waals surface area (Å²) in [5.74, 6) is -0.915. The molecule has 9 heteroatoms. The maximum atomic E-state index is 15.4. The Morgan fingerprint density at radius 3 is 2.87 bits per heavy atom. The quantitative estimate of drug-likeness (QED) is 0.740. The number of benzene rings is 1. The minimum atomic E-state index is -1.90. The second kappa shape index (κ2) is 8.06. The molecule has 2 saturated heterocycles. The third kappa shape index (κ3) is 3.65. The Morgan fingerprint density at radius 1 is 1.40 bits per heavy atom. The van der Waals surface area contributed by atoms with Crippen LogP contribution in [0.2, 0.25) is 0 Å². The standard InChI is InChI=1S/C21H24FN3O5/c1-28-17-9-15-12(8-16(17)18(23)26)2-5-24-19(15)30-11-14-10-21(22,20(27)25-14)13-3-6-29-7-4-13/h2,5,8-9,13-14H,3-4,6-7,10-11H2,1H3,(H2,23,26)(H,25,27)/t14-,21+/m0/s1. The van der Waals surface area contributed by atoms with Crippen molar-refractivity contribution in [1.82, 2.24) is 10.3 Å². The van der Waals surface area contributed by atoms with Gasteiger partial charge in [0.05, 0.1) is 18.7 Å². The second-order valence-electron chi connectivity index (χ2n) is 7.69. The molecule has 0 radical (unpaired) electrons. The molecule has 2 fully saturated rings. The van der Waals surface area contributed by atoms with E-state index in [1.165, 1.54) is 7.11 Å². The normalized spacial score (nSPS) is 24.6. The van der Waals surface area contributed by atoms with Crippen LogP contribution in [0.3, 0.4) is 0 Å². The van der Waals surface area contributed by atoms with Crippen LogP contribution < -0.4 is 20.5 Å². The molecule has 0 bridgehead atoms. The van der Waals surface area contributed by atoms with Crippen LogP contribution in [0.15, 0.2) is 24.4 Å². The van der Waals surface area contributed by atoms with E-state index >= 15 is 4.39 Å². The largest absolute Gasteiger partial charge is 0.496 e. The first-order chi connectivity index (χ1) is 14.4. The number of hydrogen-bond donors (Lipinski definition) is 2. The molecule has 3 N–H and O–H groups in total. The lowest BCUT2D eigenvalue weighted by Crippen LogP contribution is -2.43. The highest BCUT2D eigenvalue weighted by Gasteiger charge is 2.53. The summed E-state index contributed by atoms with van der Waals surface area (Å²) in [6.07, 6.45) is 2.66. The Bertz CT molecular complexity index is 979. The van der Waals surface area contributed by atoms with Crippen molar-refractivity contribution in [3.05, 3.63) is 30.0 Å². The molecule has 8 nitrogen and oxygen atoms in total. The zero-order chi connectivity index (χ0) is 21.3. The Labute approximate surface area is 172 Å². The van der Waals surface area contributed by atoms with Crippen molar-refractivity contribution in [1.29, 1.82) is 0 Å². The van der Waals surface area contributed by atoms with Gasteiger partial charge in [-0.2, -0.15) is 0 Å². The summed E-state index contributed by atoms with van der Waals surface area (Å²) in [5.41, 5.74) is 3.77. The first-order valence-corrected chi connectivity index (χ1v) is 9.89. The molecule has 2 aliphatic heterocycles. The number of halogens is 1. The Balaban J connectivity index is 1.51. The summed E-state index contributed by atoms with van der Waals surface area (Å²) >= 11 is 0. The smallest absolute Gasteiger partial charge is 0.258 e. The summed E-state index contributed by atoms with van der Waals surface area (Å²) in [4.78, 5) is 28.2. The molecule has 0 spiro atoms.